The van der Waals surface area contributed by atoms with Crippen LogP contribution >= 0.6 is 0 Å². The van der Waals surface area contributed by atoms with Gasteiger partial charge in [0.1, 0.15) is 5.75 Å². The average molecular weight is 653 g/mol. The fourth-order valence-corrected chi connectivity index (χ4v) is 7.40. The smallest absolute Gasteiger partial charge is 0.231 e. The normalized spacial score (nSPS) is 18.5. The third-order valence-electron chi connectivity index (χ3n) is 10.1. The van der Waals surface area contributed by atoms with Crippen LogP contribution in [0.2, 0.25) is 0 Å². The first-order valence-corrected chi connectivity index (χ1v) is 16.5. The molecule has 0 N–H and O–H groups in total. The minimum atomic E-state index is 0.185. The summed E-state index contributed by atoms with van der Waals surface area (Å²) in [5.41, 5.74) is 7.39. The lowest BCUT2D eigenvalue weighted by Gasteiger charge is -2.35. The maximum absolute atomic E-state index is 6.46. The minimum absolute atomic E-state index is 0.185. The van der Waals surface area contributed by atoms with E-state index in [9.17, 15) is 0 Å². The Bertz CT molecular complexity index is 1790. The molecule has 0 radical (unpaired) electrons. The third kappa shape index (κ3) is 5.97. The number of likely N-dealkylation sites (N-methyl/N-ethyl adjacent to an activating group) is 2. The van der Waals surface area contributed by atoms with Crippen LogP contribution in [0, 0.1) is 0 Å². The zero-order chi connectivity index (χ0) is 33.4. The Labute approximate surface area is 282 Å². The Kier molecular flexibility index (Phi) is 8.98. The van der Waals surface area contributed by atoms with E-state index in [1.807, 2.05) is 18.2 Å². The van der Waals surface area contributed by atoms with E-state index >= 15 is 0 Å². The molecule has 252 valence electrons. The molecule has 0 spiro atoms. The van der Waals surface area contributed by atoms with Crippen molar-refractivity contribution in [3.63, 3.8) is 0 Å². The Morgan fingerprint density at radius 3 is 2.04 bits per heavy atom. The molecule has 0 aromatic heterocycles. The van der Waals surface area contributed by atoms with Gasteiger partial charge in [0.05, 0.1) is 28.4 Å². The number of rotatable bonds is 10. The number of fused-ring (bicyclic) bond motifs is 3. The quantitative estimate of drug-likeness (QED) is 0.184. The second-order valence-electron chi connectivity index (χ2n) is 12.7. The molecule has 0 aliphatic carbocycles. The van der Waals surface area contributed by atoms with Gasteiger partial charge in [-0.3, -0.25) is 9.80 Å². The fraction of sp³-hybridized carbons (Fsp3) is 0.385. The van der Waals surface area contributed by atoms with Crippen LogP contribution in [0.3, 0.4) is 0 Å². The van der Waals surface area contributed by atoms with Gasteiger partial charge < -0.3 is 33.2 Å². The van der Waals surface area contributed by atoms with E-state index in [4.69, 9.17) is 33.2 Å². The highest BCUT2D eigenvalue weighted by Gasteiger charge is 2.33. The van der Waals surface area contributed by atoms with Crippen molar-refractivity contribution in [2.75, 3.05) is 62.4 Å². The van der Waals surface area contributed by atoms with Crippen LogP contribution in [0.25, 0.3) is 0 Å². The molecule has 3 aliphatic rings. The van der Waals surface area contributed by atoms with Crippen LogP contribution < -0.4 is 33.2 Å². The summed E-state index contributed by atoms with van der Waals surface area (Å²) in [7, 11) is 11.1. The second kappa shape index (κ2) is 13.5. The van der Waals surface area contributed by atoms with Crippen LogP contribution in [0.5, 0.6) is 46.0 Å². The molecule has 3 aliphatic heterocycles. The van der Waals surface area contributed by atoms with Gasteiger partial charge in [0.15, 0.2) is 34.5 Å². The maximum Gasteiger partial charge on any atom is 0.231 e. The highest BCUT2D eigenvalue weighted by atomic mass is 16.7. The molecule has 0 saturated heterocycles. The molecule has 7 rings (SSSR count). The van der Waals surface area contributed by atoms with Crippen LogP contribution in [0.15, 0.2) is 60.7 Å². The molecule has 9 heteroatoms. The van der Waals surface area contributed by atoms with Crippen LogP contribution in [-0.2, 0) is 25.7 Å². The van der Waals surface area contributed by atoms with Crippen molar-refractivity contribution in [1.82, 2.24) is 9.80 Å². The Morgan fingerprint density at radius 1 is 0.646 bits per heavy atom. The molecular formula is C39H44N2O7. The molecule has 0 bridgehead atoms. The zero-order valence-corrected chi connectivity index (χ0v) is 28.6. The lowest BCUT2D eigenvalue weighted by Crippen LogP contribution is -2.33. The number of hydrogen-bond acceptors (Lipinski definition) is 9. The molecule has 0 fully saturated rings. The topological polar surface area (TPSA) is 71.1 Å². The number of methoxy groups -OCH3 is 4. The first-order chi connectivity index (χ1) is 23.4. The lowest BCUT2D eigenvalue weighted by molar-refractivity contribution is 0.171. The van der Waals surface area contributed by atoms with Crippen molar-refractivity contribution in [1.29, 1.82) is 0 Å². The fourth-order valence-electron chi connectivity index (χ4n) is 7.40. The van der Waals surface area contributed by atoms with Gasteiger partial charge in [-0.1, -0.05) is 18.2 Å². The third-order valence-corrected chi connectivity index (χ3v) is 10.1. The van der Waals surface area contributed by atoms with Gasteiger partial charge in [0.2, 0.25) is 12.5 Å². The molecule has 48 heavy (non-hydrogen) atoms. The SMILES string of the molecule is COc1cc2c(cc1OC)[C@@H](Cc1ccc(OC)c(Oc3ccc(C[C@H]4c5cc6c(c(OC)c5CCN4C)OCO6)cc3)c1)N(C)CC2. The summed E-state index contributed by atoms with van der Waals surface area (Å²) in [4.78, 5) is 4.81. The van der Waals surface area contributed by atoms with Gasteiger partial charge >= 0.3 is 0 Å². The summed E-state index contributed by atoms with van der Waals surface area (Å²) in [5.74, 6) is 5.95. The number of nitrogens with zero attached hydrogens (tertiary/aromatic N) is 2. The second-order valence-corrected chi connectivity index (χ2v) is 12.7. The van der Waals surface area contributed by atoms with Crippen molar-refractivity contribution in [2.24, 2.45) is 0 Å². The van der Waals surface area contributed by atoms with Crippen molar-refractivity contribution in [3.8, 4) is 46.0 Å². The van der Waals surface area contributed by atoms with Gasteiger partial charge in [-0.05, 0) is 110 Å². The minimum Gasteiger partial charge on any atom is -0.493 e. The lowest BCUT2D eigenvalue weighted by atomic mass is 9.88. The molecule has 9 nitrogen and oxygen atoms in total. The summed E-state index contributed by atoms with van der Waals surface area (Å²) >= 11 is 0. The van der Waals surface area contributed by atoms with Gasteiger partial charge in [-0.2, -0.15) is 0 Å². The summed E-state index contributed by atoms with van der Waals surface area (Å²) in [5, 5.41) is 0. The maximum atomic E-state index is 6.46. The highest BCUT2D eigenvalue weighted by Crippen LogP contribution is 2.49. The first-order valence-electron chi connectivity index (χ1n) is 16.5. The summed E-state index contributed by atoms with van der Waals surface area (Å²) < 4.78 is 40.7. The van der Waals surface area contributed by atoms with E-state index in [2.05, 4.69) is 66.4 Å². The van der Waals surface area contributed by atoms with Crippen LogP contribution in [-0.4, -0.2) is 72.2 Å². The summed E-state index contributed by atoms with van der Waals surface area (Å²) in [6.07, 6.45) is 3.54. The van der Waals surface area contributed by atoms with E-state index in [-0.39, 0.29) is 18.9 Å². The highest BCUT2D eigenvalue weighted by molar-refractivity contribution is 5.61. The standard InChI is InChI=1S/C39H44N2O7/c1-40-15-13-26-20-34(43-4)35(44-5)21-29(26)31(40)18-25-9-12-33(42-3)36(19-25)48-27-10-7-24(8-11-27)17-32-30-22-37-39(47-23-46-37)38(45-6)28(30)14-16-41(32)2/h7-12,19-22,31-32H,13-18,23H2,1-6H3/t31-,32+/m1/s1. The van der Waals surface area contributed by atoms with E-state index in [0.29, 0.717) is 11.5 Å². The van der Waals surface area contributed by atoms with E-state index in [1.165, 1.54) is 27.8 Å². The average Bonchev–Trinajstić information content (AvgIpc) is 3.58. The molecule has 3 heterocycles. The Balaban J connectivity index is 1.10. The van der Waals surface area contributed by atoms with Gasteiger partial charge in [-0.25, -0.2) is 0 Å². The number of benzene rings is 4. The van der Waals surface area contributed by atoms with E-state index in [1.54, 1.807) is 28.4 Å². The monoisotopic (exact) mass is 652 g/mol. The predicted molar refractivity (Wildman–Crippen MR) is 184 cm³/mol. The Morgan fingerprint density at radius 2 is 1.31 bits per heavy atom. The van der Waals surface area contributed by atoms with E-state index in [0.717, 1.165) is 78.8 Å². The largest absolute Gasteiger partial charge is 0.493 e. The molecule has 4 aromatic rings. The summed E-state index contributed by atoms with van der Waals surface area (Å²) in [6.45, 7) is 2.13. The summed E-state index contributed by atoms with van der Waals surface area (Å²) in [6, 6.07) is 21.3. The molecule has 4 aromatic carbocycles. The molecule has 0 unspecified atom stereocenters. The predicted octanol–water partition coefficient (Wildman–Crippen LogP) is 6.79. The number of hydrogen-bond donors (Lipinski definition) is 0. The van der Waals surface area contributed by atoms with Crippen LogP contribution in [0.1, 0.15) is 45.5 Å². The van der Waals surface area contributed by atoms with Crippen molar-refractivity contribution < 1.29 is 33.2 Å². The van der Waals surface area contributed by atoms with Crippen LogP contribution in [0.4, 0.5) is 0 Å². The van der Waals surface area contributed by atoms with E-state index < -0.39 is 0 Å². The molecule has 2 atom stereocenters. The first kappa shape index (κ1) is 32.0. The molecule has 0 saturated carbocycles. The van der Waals surface area contributed by atoms with Crippen molar-refractivity contribution in [3.05, 3.63) is 94.0 Å². The van der Waals surface area contributed by atoms with Crippen molar-refractivity contribution >= 4 is 0 Å². The van der Waals surface area contributed by atoms with Gasteiger partial charge in [-0.15, -0.1) is 0 Å². The molecule has 0 amide bonds. The molecular weight excluding hydrogens is 608 g/mol. The Hall–Kier alpha value is -4.60. The number of ether oxygens (including phenoxy) is 7. The van der Waals surface area contributed by atoms with Gasteiger partial charge in [0.25, 0.3) is 0 Å². The van der Waals surface area contributed by atoms with Crippen molar-refractivity contribution in [2.45, 2.75) is 37.8 Å². The van der Waals surface area contributed by atoms with Gasteiger partial charge in [0, 0.05) is 30.7 Å². The zero-order valence-electron chi connectivity index (χ0n) is 28.6.